The molecule has 4 rings (SSSR count). The van der Waals surface area contributed by atoms with Crippen LogP contribution < -0.4 is 0 Å². The molecule has 3 aliphatic rings. The number of carbonyl (C=O) groups excluding carboxylic acids is 1. The summed E-state index contributed by atoms with van der Waals surface area (Å²) in [6.45, 7) is 3.65. The van der Waals surface area contributed by atoms with Crippen molar-refractivity contribution in [3.63, 3.8) is 0 Å². The fraction of sp³-hybridized carbons (Fsp3) is 0.667. The summed E-state index contributed by atoms with van der Waals surface area (Å²) in [5, 5.41) is 0. The minimum Gasteiger partial charge on any atom is -0.376 e. The third-order valence-electron chi connectivity index (χ3n) is 5.05. The highest BCUT2D eigenvalue weighted by molar-refractivity contribution is 5.81. The van der Waals surface area contributed by atoms with Crippen LogP contribution in [-0.2, 0) is 33.8 Å². The maximum Gasteiger partial charge on any atom is 0.252 e. The Labute approximate surface area is 137 Å². The van der Waals surface area contributed by atoms with Gasteiger partial charge in [0.1, 0.15) is 6.10 Å². The van der Waals surface area contributed by atoms with Crippen molar-refractivity contribution in [1.29, 1.82) is 0 Å². The van der Waals surface area contributed by atoms with Gasteiger partial charge in [-0.3, -0.25) is 9.78 Å². The van der Waals surface area contributed by atoms with Gasteiger partial charge in [0.25, 0.3) is 5.91 Å². The van der Waals surface area contributed by atoms with E-state index >= 15 is 0 Å². The number of fused-ring (bicyclic) bond motifs is 1. The molecule has 1 aliphatic carbocycles. The molecule has 1 saturated heterocycles. The molecular weight excluding hydrogens is 292 g/mol. The molecule has 3 heterocycles. The number of pyridine rings is 1. The fourth-order valence-corrected chi connectivity index (χ4v) is 3.48. The molecule has 2 aliphatic heterocycles. The standard InChI is InChI=1S/C18H24N2O3/c21-18(17-2-1-7-23-17)20-6-5-16-14(10-20)8-19-9-15(16)12-22-11-13-3-4-13/h8-9,13,17H,1-7,10-12H2/t17-/m0/s1. The van der Waals surface area contributed by atoms with Crippen LogP contribution in [0.3, 0.4) is 0 Å². The molecule has 23 heavy (non-hydrogen) atoms. The van der Waals surface area contributed by atoms with E-state index < -0.39 is 0 Å². The van der Waals surface area contributed by atoms with Crippen LogP contribution in [0.1, 0.15) is 42.4 Å². The molecule has 5 heteroatoms. The Hall–Kier alpha value is -1.46. The van der Waals surface area contributed by atoms with Crippen LogP contribution in [-0.4, -0.2) is 41.7 Å². The molecule has 0 bridgehead atoms. The zero-order valence-electron chi connectivity index (χ0n) is 13.5. The second kappa shape index (κ2) is 6.57. The van der Waals surface area contributed by atoms with Gasteiger partial charge in [0, 0.05) is 38.7 Å². The van der Waals surface area contributed by atoms with Gasteiger partial charge in [0.05, 0.1) is 6.61 Å². The van der Waals surface area contributed by atoms with E-state index in [9.17, 15) is 4.79 Å². The lowest BCUT2D eigenvalue weighted by Gasteiger charge is -2.31. The first-order valence-electron chi connectivity index (χ1n) is 8.74. The Morgan fingerprint density at radius 3 is 3.04 bits per heavy atom. The van der Waals surface area contributed by atoms with Crippen molar-refractivity contribution in [3.8, 4) is 0 Å². The van der Waals surface area contributed by atoms with Gasteiger partial charge in [-0.1, -0.05) is 0 Å². The summed E-state index contributed by atoms with van der Waals surface area (Å²) in [5.74, 6) is 0.922. The zero-order chi connectivity index (χ0) is 15.6. The van der Waals surface area contributed by atoms with Crippen LogP contribution in [0.4, 0.5) is 0 Å². The molecule has 1 aromatic heterocycles. The number of ether oxygens (including phenoxy) is 2. The smallest absolute Gasteiger partial charge is 0.252 e. The van der Waals surface area contributed by atoms with E-state index in [1.807, 2.05) is 17.3 Å². The van der Waals surface area contributed by atoms with Crippen LogP contribution in [0, 0.1) is 5.92 Å². The number of hydrogen-bond acceptors (Lipinski definition) is 4. The van der Waals surface area contributed by atoms with E-state index in [4.69, 9.17) is 9.47 Å². The number of carbonyl (C=O) groups is 1. The lowest BCUT2D eigenvalue weighted by molar-refractivity contribution is -0.141. The van der Waals surface area contributed by atoms with Gasteiger partial charge in [0.2, 0.25) is 0 Å². The van der Waals surface area contributed by atoms with Crippen molar-refractivity contribution in [2.75, 3.05) is 19.8 Å². The monoisotopic (exact) mass is 316 g/mol. The number of hydrogen-bond donors (Lipinski definition) is 0. The minimum absolute atomic E-state index is 0.142. The lowest BCUT2D eigenvalue weighted by Crippen LogP contribution is -2.42. The first kappa shape index (κ1) is 15.1. The molecule has 0 N–H and O–H groups in total. The SMILES string of the molecule is O=C([C@@H]1CCCO1)N1CCc2c(COCC3CC3)cncc2C1. The Bertz CT molecular complexity index is 580. The Morgan fingerprint density at radius 2 is 2.26 bits per heavy atom. The summed E-state index contributed by atoms with van der Waals surface area (Å²) in [4.78, 5) is 18.8. The van der Waals surface area contributed by atoms with Gasteiger partial charge in [-0.25, -0.2) is 0 Å². The van der Waals surface area contributed by atoms with Gasteiger partial charge < -0.3 is 14.4 Å². The molecular formula is C18H24N2O3. The van der Waals surface area contributed by atoms with Crippen LogP contribution in [0.2, 0.25) is 0 Å². The fourth-order valence-electron chi connectivity index (χ4n) is 3.48. The molecule has 1 saturated carbocycles. The predicted molar refractivity (Wildman–Crippen MR) is 84.7 cm³/mol. The lowest BCUT2D eigenvalue weighted by atomic mass is 9.97. The Morgan fingerprint density at radius 1 is 1.35 bits per heavy atom. The van der Waals surface area contributed by atoms with Gasteiger partial charge >= 0.3 is 0 Å². The first-order valence-corrected chi connectivity index (χ1v) is 8.74. The molecule has 1 amide bonds. The van der Waals surface area contributed by atoms with Crippen LogP contribution in [0.15, 0.2) is 12.4 Å². The third-order valence-corrected chi connectivity index (χ3v) is 5.05. The summed E-state index contributed by atoms with van der Waals surface area (Å²) < 4.78 is 11.4. The van der Waals surface area contributed by atoms with Gasteiger partial charge in [-0.05, 0) is 54.7 Å². The summed E-state index contributed by atoms with van der Waals surface area (Å²) in [6, 6.07) is 0. The van der Waals surface area contributed by atoms with Crippen LogP contribution >= 0.6 is 0 Å². The summed E-state index contributed by atoms with van der Waals surface area (Å²) in [5.41, 5.74) is 3.68. The highest BCUT2D eigenvalue weighted by Gasteiger charge is 2.31. The van der Waals surface area contributed by atoms with Gasteiger partial charge in [-0.2, -0.15) is 0 Å². The van der Waals surface area contributed by atoms with E-state index in [-0.39, 0.29) is 12.0 Å². The van der Waals surface area contributed by atoms with E-state index in [1.54, 1.807) is 0 Å². The Balaban J connectivity index is 1.41. The van der Waals surface area contributed by atoms with Gasteiger partial charge in [-0.15, -0.1) is 0 Å². The van der Waals surface area contributed by atoms with Crippen molar-refractivity contribution >= 4 is 5.91 Å². The molecule has 0 spiro atoms. The van der Waals surface area contributed by atoms with Crippen LogP contribution in [0.5, 0.6) is 0 Å². The molecule has 0 unspecified atom stereocenters. The van der Waals surface area contributed by atoms with E-state index in [0.717, 1.165) is 43.9 Å². The largest absolute Gasteiger partial charge is 0.376 e. The maximum atomic E-state index is 12.5. The summed E-state index contributed by atoms with van der Waals surface area (Å²) >= 11 is 0. The second-order valence-corrected chi connectivity index (χ2v) is 6.91. The van der Waals surface area contributed by atoms with Crippen molar-refractivity contribution < 1.29 is 14.3 Å². The highest BCUT2D eigenvalue weighted by Crippen LogP contribution is 2.30. The molecule has 0 radical (unpaired) electrons. The van der Waals surface area contributed by atoms with E-state index in [1.165, 1.54) is 24.0 Å². The number of amides is 1. The summed E-state index contributed by atoms with van der Waals surface area (Å²) in [7, 11) is 0. The van der Waals surface area contributed by atoms with Crippen molar-refractivity contribution in [2.24, 2.45) is 5.92 Å². The minimum atomic E-state index is -0.227. The molecule has 0 aromatic carbocycles. The summed E-state index contributed by atoms with van der Waals surface area (Å²) in [6.07, 6.45) is 8.95. The van der Waals surface area contributed by atoms with Crippen molar-refractivity contribution in [2.45, 2.75) is 51.4 Å². The molecule has 1 atom stereocenters. The average Bonchev–Trinajstić information content (AvgIpc) is 3.24. The van der Waals surface area contributed by atoms with Crippen molar-refractivity contribution in [3.05, 3.63) is 29.1 Å². The number of nitrogens with zero attached hydrogens (tertiary/aromatic N) is 2. The third kappa shape index (κ3) is 3.40. The van der Waals surface area contributed by atoms with Crippen LogP contribution in [0.25, 0.3) is 0 Å². The topological polar surface area (TPSA) is 51.7 Å². The van der Waals surface area contributed by atoms with Gasteiger partial charge in [0.15, 0.2) is 0 Å². The quantitative estimate of drug-likeness (QED) is 0.834. The van der Waals surface area contributed by atoms with Crippen molar-refractivity contribution in [1.82, 2.24) is 9.88 Å². The first-order chi connectivity index (χ1) is 11.3. The number of aromatic nitrogens is 1. The molecule has 124 valence electrons. The maximum absolute atomic E-state index is 12.5. The predicted octanol–water partition coefficient (Wildman–Crippen LogP) is 2.07. The number of rotatable bonds is 5. The normalized spacial score (nSPS) is 23.8. The molecule has 2 fully saturated rings. The zero-order valence-corrected chi connectivity index (χ0v) is 13.5. The van der Waals surface area contributed by atoms with E-state index in [2.05, 4.69) is 4.98 Å². The molecule has 1 aromatic rings. The second-order valence-electron chi connectivity index (χ2n) is 6.91. The Kier molecular flexibility index (Phi) is 4.31. The average molecular weight is 316 g/mol. The van der Waals surface area contributed by atoms with E-state index in [0.29, 0.717) is 19.8 Å². The highest BCUT2D eigenvalue weighted by atomic mass is 16.5. The molecule has 5 nitrogen and oxygen atoms in total.